The number of halogens is 1. The lowest BCUT2D eigenvalue weighted by Gasteiger charge is -2.26. The standard InChI is InChI=1S/C16H25BrN2O/c1-13(4-6-18)15-3-2-14(16(17)12-15)5-7-19-8-10-20-11-9-19/h2-3,12-13H,4-11,18H2,1H3. The van der Waals surface area contributed by atoms with Crippen molar-refractivity contribution in [3.63, 3.8) is 0 Å². The van der Waals surface area contributed by atoms with E-state index in [1.807, 2.05) is 0 Å². The number of rotatable bonds is 6. The second-order valence-corrected chi connectivity index (χ2v) is 6.39. The Kier molecular flexibility index (Phi) is 6.49. The summed E-state index contributed by atoms with van der Waals surface area (Å²) in [7, 11) is 0. The second-order valence-electron chi connectivity index (χ2n) is 5.53. The molecule has 0 aromatic heterocycles. The van der Waals surface area contributed by atoms with E-state index in [0.717, 1.165) is 52.2 Å². The zero-order valence-electron chi connectivity index (χ0n) is 12.3. The molecule has 1 heterocycles. The first kappa shape index (κ1) is 16.0. The van der Waals surface area contributed by atoms with Gasteiger partial charge in [0.1, 0.15) is 0 Å². The molecule has 2 N–H and O–H groups in total. The highest BCUT2D eigenvalue weighted by Crippen LogP contribution is 2.25. The van der Waals surface area contributed by atoms with Crippen LogP contribution in [0.4, 0.5) is 0 Å². The van der Waals surface area contributed by atoms with Gasteiger partial charge in [-0.3, -0.25) is 4.90 Å². The zero-order valence-corrected chi connectivity index (χ0v) is 13.9. The molecule has 2 rings (SSSR count). The third kappa shape index (κ3) is 4.55. The summed E-state index contributed by atoms with van der Waals surface area (Å²) in [5, 5.41) is 0. The maximum absolute atomic E-state index is 5.64. The summed E-state index contributed by atoms with van der Waals surface area (Å²) in [6.07, 6.45) is 2.13. The van der Waals surface area contributed by atoms with Gasteiger partial charge in [0.15, 0.2) is 0 Å². The molecule has 0 aliphatic carbocycles. The molecule has 0 saturated carbocycles. The second kappa shape index (κ2) is 8.13. The van der Waals surface area contributed by atoms with Crippen LogP contribution in [0.1, 0.15) is 30.4 Å². The van der Waals surface area contributed by atoms with Gasteiger partial charge < -0.3 is 10.5 Å². The van der Waals surface area contributed by atoms with E-state index in [-0.39, 0.29) is 0 Å². The lowest BCUT2D eigenvalue weighted by Crippen LogP contribution is -2.37. The molecule has 0 spiro atoms. The van der Waals surface area contributed by atoms with Gasteiger partial charge in [-0.25, -0.2) is 0 Å². The quantitative estimate of drug-likeness (QED) is 0.865. The van der Waals surface area contributed by atoms with Gasteiger partial charge in [-0.15, -0.1) is 0 Å². The van der Waals surface area contributed by atoms with Gasteiger partial charge in [0, 0.05) is 24.1 Å². The van der Waals surface area contributed by atoms with Crippen molar-refractivity contribution < 1.29 is 4.74 Å². The molecular formula is C16H25BrN2O. The first-order valence-corrected chi connectivity index (χ1v) is 8.28. The molecule has 1 aromatic carbocycles. The molecule has 1 aliphatic rings. The average molecular weight is 341 g/mol. The number of nitrogens with zero attached hydrogens (tertiary/aromatic N) is 1. The Morgan fingerprint density at radius 2 is 2.10 bits per heavy atom. The van der Waals surface area contributed by atoms with E-state index in [0.29, 0.717) is 5.92 Å². The molecule has 20 heavy (non-hydrogen) atoms. The van der Waals surface area contributed by atoms with Crippen molar-refractivity contribution in [2.45, 2.75) is 25.7 Å². The highest BCUT2D eigenvalue weighted by atomic mass is 79.9. The van der Waals surface area contributed by atoms with Gasteiger partial charge in [-0.05, 0) is 42.5 Å². The van der Waals surface area contributed by atoms with Crippen LogP contribution in [0.2, 0.25) is 0 Å². The molecular weight excluding hydrogens is 316 g/mol. The summed E-state index contributed by atoms with van der Waals surface area (Å²) < 4.78 is 6.61. The minimum Gasteiger partial charge on any atom is -0.379 e. The topological polar surface area (TPSA) is 38.5 Å². The fourth-order valence-corrected chi connectivity index (χ4v) is 3.19. The summed E-state index contributed by atoms with van der Waals surface area (Å²) in [4.78, 5) is 2.47. The lowest BCUT2D eigenvalue weighted by atomic mass is 9.96. The van der Waals surface area contributed by atoms with Crippen molar-refractivity contribution >= 4 is 15.9 Å². The molecule has 3 nitrogen and oxygen atoms in total. The van der Waals surface area contributed by atoms with Crippen LogP contribution in [-0.2, 0) is 11.2 Å². The van der Waals surface area contributed by atoms with Crippen LogP contribution in [-0.4, -0.2) is 44.3 Å². The highest BCUT2D eigenvalue weighted by Gasteiger charge is 2.12. The summed E-state index contributed by atoms with van der Waals surface area (Å²) in [6, 6.07) is 6.77. The smallest absolute Gasteiger partial charge is 0.0594 e. The number of ether oxygens (including phenoxy) is 1. The fourth-order valence-electron chi connectivity index (χ4n) is 2.59. The molecule has 4 heteroatoms. The van der Waals surface area contributed by atoms with Gasteiger partial charge in [0.25, 0.3) is 0 Å². The third-order valence-corrected chi connectivity index (χ3v) is 4.79. The van der Waals surface area contributed by atoms with Gasteiger partial charge >= 0.3 is 0 Å². The predicted octanol–water partition coefficient (Wildman–Crippen LogP) is 2.78. The van der Waals surface area contributed by atoms with E-state index in [1.54, 1.807) is 0 Å². The molecule has 0 bridgehead atoms. The molecule has 0 radical (unpaired) electrons. The normalized spacial score (nSPS) is 18.1. The van der Waals surface area contributed by atoms with Gasteiger partial charge in [-0.1, -0.05) is 35.0 Å². The maximum atomic E-state index is 5.64. The van der Waals surface area contributed by atoms with Crippen LogP contribution in [0, 0.1) is 0 Å². The Balaban J connectivity index is 1.91. The molecule has 1 aliphatic heterocycles. The molecule has 112 valence electrons. The van der Waals surface area contributed by atoms with Crippen LogP contribution in [0.25, 0.3) is 0 Å². The number of benzene rings is 1. The average Bonchev–Trinajstić information content (AvgIpc) is 2.47. The van der Waals surface area contributed by atoms with Crippen LogP contribution < -0.4 is 5.73 Å². The molecule has 1 unspecified atom stereocenters. The monoisotopic (exact) mass is 340 g/mol. The van der Waals surface area contributed by atoms with Crippen molar-refractivity contribution in [2.24, 2.45) is 5.73 Å². The molecule has 1 fully saturated rings. The van der Waals surface area contributed by atoms with Crippen molar-refractivity contribution in [1.82, 2.24) is 4.90 Å². The van der Waals surface area contributed by atoms with Gasteiger partial charge in [0.2, 0.25) is 0 Å². The van der Waals surface area contributed by atoms with Crippen LogP contribution in [0.15, 0.2) is 22.7 Å². The number of morpholine rings is 1. The van der Waals surface area contributed by atoms with Crippen molar-refractivity contribution in [2.75, 3.05) is 39.4 Å². The molecule has 1 atom stereocenters. The first-order valence-electron chi connectivity index (χ1n) is 7.49. The zero-order chi connectivity index (χ0) is 14.4. The lowest BCUT2D eigenvalue weighted by molar-refractivity contribution is 0.0384. The van der Waals surface area contributed by atoms with E-state index in [1.165, 1.54) is 15.6 Å². The third-order valence-electron chi connectivity index (χ3n) is 4.05. The van der Waals surface area contributed by atoms with E-state index >= 15 is 0 Å². The summed E-state index contributed by atoms with van der Waals surface area (Å²) >= 11 is 3.72. The molecule has 0 amide bonds. The maximum Gasteiger partial charge on any atom is 0.0594 e. The predicted molar refractivity (Wildman–Crippen MR) is 87.2 cm³/mol. The Morgan fingerprint density at radius 3 is 2.75 bits per heavy atom. The van der Waals surface area contributed by atoms with E-state index in [9.17, 15) is 0 Å². The van der Waals surface area contributed by atoms with Crippen molar-refractivity contribution in [3.05, 3.63) is 33.8 Å². The molecule has 1 saturated heterocycles. The molecule has 1 aromatic rings. The minimum absolute atomic E-state index is 0.532. The summed E-state index contributed by atoms with van der Waals surface area (Å²) in [5.74, 6) is 0.532. The minimum atomic E-state index is 0.532. The van der Waals surface area contributed by atoms with Gasteiger partial charge in [-0.2, -0.15) is 0 Å². The van der Waals surface area contributed by atoms with Crippen molar-refractivity contribution in [3.8, 4) is 0 Å². The summed E-state index contributed by atoms with van der Waals surface area (Å²) in [5.41, 5.74) is 8.40. The van der Waals surface area contributed by atoms with E-state index < -0.39 is 0 Å². The van der Waals surface area contributed by atoms with Crippen molar-refractivity contribution in [1.29, 1.82) is 0 Å². The summed E-state index contributed by atoms with van der Waals surface area (Å²) in [6.45, 7) is 7.96. The van der Waals surface area contributed by atoms with E-state index in [4.69, 9.17) is 10.5 Å². The largest absolute Gasteiger partial charge is 0.379 e. The van der Waals surface area contributed by atoms with Gasteiger partial charge in [0.05, 0.1) is 13.2 Å². The number of nitrogens with two attached hydrogens (primary N) is 1. The van der Waals surface area contributed by atoms with Crippen LogP contribution in [0.5, 0.6) is 0 Å². The SMILES string of the molecule is CC(CCN)c1ccc(CCN2CCOCC2)c(Br)c1. The Hall–Kier alpha value is -0.420. The first-order chi connectivity index (χ1) is 9.70. The Labute approximate surface area is 130 Å². The Morgan fingerprint density at radius 1 is 1.35 bits per heavy atom. The Bertz CT molecular complexity index is 419. The highest BCUT2D eigenvalue weighted by molar-refractivity contribution is 9.10. The van der Waals surface area contributed by atoms with E-state index in [2.05, 4.69) is 46.0 Å². The van der Waals surface area contributed by atoms with Crippen LogP contribution in [0.3, 0.4) is 0 Å². The fraction of sp³-hybridized carbons (Fsp3) is 0.625. The van der Waals surface area contributed by atoms with Crippen LogP contribution >= 0.6 is 15.9 Å². The number of hydrogen-bond acceptors (Lipinski definition) is 3. The number of hydrogen-bond donors (Lipinski definition) is 1.